The maximum absolute atomic E-state index is 13.0. The average Bonchev–Trinajstić information content (AvgIpc) is 3.02. The van der Waals surface area contributed by atoms with Crippen LogP contribution >= 0.6 is 39.9 Å². The Bertz CT molecular complexity index is 1150. The fraction of sp³-hybridized carbons (Fsp3) is 0.0833. The number of carbonyl (C=O) groups excluding carboxylic acids is 1. The van der Waals surface area contributed by atoms with Gasteiger partial charge in [0.1, 0.15) is 22.5 Å². The first kappa shape index (κ1) is 21.7. The first-order valence-electron chi connectivity index (χ1n) is 9.46. The smallest absolute Gasteiger partial charge is 0.266 e. The Morgan fingerprint density at radius 1 is 1.03 bits per heavy atom. The predicted octanol–water partition coefficient (Wildman–Crippen LogP) is 6.57. The number of amides is 1. The molecule has 1 fully saturated rings. The van der Waals surface area contributed by atoms with Crippen molar-refractivity contribution in [2.24, 2.45) is 0 Å². The maximum atomic E-state index is 13.0. The van der Waals surface area contributed by atoms with E-state index in [0.29, 0.717) is 28.1 Å². The van der Waals surface area contributed by atoms with Gasteiger partial charge in [-0.05, 0) is 63.0 Å². The molecule has 1 aliphatic rings. The summed E-state index contributed by atoms with van der Waals surface area (Å²) < 4.78 is 20.2. The summed E-state index contributed by atoms with van der Waals surface area (Å²) in [5.74, 6) is 0.299. The largest absolute Gasteiger partial charge is 0.488 e. The molecule has 0 spiro atoms. The number of carbonyl (C=O) groups is 1. The molecule has 31 heavy (non-hydrogen) atoms. The molecular weight excluding hydrogens is 497 g/mol. The van der Waals surface area contributed by atoms with Crippen LogP contribution in [0.15, 0.2) is 82.2 Å². The van der Waals surface area contributed by atoms with Crippen LogP contribution in [-0.2, 0) is 17.9 Å². The summed E-state index contributed by atoms with van der Waals surface area (Å²) in [6, 6.07) is 21.6. The van der Waals surface area contributed by atoms with Crippen molar-refractivity contribution >= 4 is 56.2 Å². The maximum Gasteiger partial charge on any atom is 0.266 e. The topological polar surface area (TPSA) is 29.5 Å². The molecule has 0 aliphatic carbocycles. The first-order chi connectivity index (χ1) is 15.0. The Labute approximate surface area is 198 Å². The van der Waals surface area contributed by atoms with Gasteiger partial charge in [0.05, 0.1) is 15.9 Å². The van der Waals surface area contributed by atoms with Gasteiger partial charge < -0.3 is 4.74 Å². The van der Waals surface area contributed by atoms with Gasteiger partial charge >= 0.3 is 0 Å². The molecule has 0 unspecified atom stereocenters. The molecule has 1 amide bonds. The summed E-state index contributed by atoms with van der Waals surface area (Å²) >= 11 is 10.2. The van der Waals surface area contributed by atoms with E-state index >= 15 is 0 Å². The Morgan fingerprint density at radius 2 is 1.77 bits per heavy atom. The minimum Gasteiger partial charge on any atom is -0.488 e. The van der Waals surface area contributed by atoms with Crippen LogP contribution in [0.1, 0.15) is 16.7 Å². The van der Waals surface area contributed by atoms with Crippen molar-refractivity contribution in [3.8, 4) is 5.75 Å². The zero-order valence-corrected chi connectivity index (χ0v) is 19.5. The van der Waals surface area contributed by atoms with E-state index in [1.165, 1.54) is 23.9 Å². The van der Waals surface area contributed by atoms with Crippen molar-refractivity contribution in [3.63, 3.8) is 0 Å². The van der Waals surface area contributed by atoms with Crippen LogP contribution in [0.25, 0.3) is 6.08 Å². The van der Waals surface area contributed by atoms with Crippen LogP contribution in [0.4, 0.5) is 4.39 Å². The molecule has 0 bridgehead atoms. The van der Waals surface area contributed by atoms with Crippen molar-refractivity contribution in [1.29, 1.82) is 0 Å². The molecule has 3 aromatic rings. The van der Waals surface area contributed by atoms with Gasteiger partial charge in [0.2, 0.25) is 0 Å². The average molecular weight is 514 g/mol. The third-order valence-corrected chi connectivity index (χ3v) is 6.62. The number of thiocarbonyl (C=S) groups is 1. The normalized spacial score (nSPS) is 15.0. The number of benzene rings is 3. The molecule has 0 N–H and O–H groups in total. The van der Waals surface area contributed by atoms with E-state index in [1.54, 1.807) is 17.0 Å². The predicted molar refractivity (Wildman–Crippen MR) is 130 cm³/mol. The Kier molecular flexibility index (Phi) is 6.85. The zero-order chi connectivity index (χ0) is 21.8. The van der Waals surface area contributed by atoms with E-state index in [9.17, 15) is 9.18 Å². The highest BCUT2D eigenvalue weighted by Gasteiger charge is 2.31. The highest BCUT2D eigenvalue weighted by molar-refractivity contribution is 9.10. The monoisotopic (exact) mass is 513 g/mol. The van der Waals surface area contributed by atoms with Gasteiger partial charge in [0.15, 0.2) is 0 Å². The number of rotatable bonds is 6. The van der Waals surface area contributed by atoms with Gasteiger partial charge in [-0.15, -0.1) is 0 Å². The molecule has 4 rings (SSSR count). The van der Waals surface area contributed by atoms with E-state index in [-0.39, 0.29) is 11.7 Å². The quantitative estimate of drug-likeness (QED) is 0.275. The van der Waals surface area contributed by atoms with Crippen LogP contribution in [0, 0.1) is 5.82 Å². The second kappa shape index (κ2) is 9.77. The van der Waals surface area contributed by atoms with Gasteiger partial charge in [0.25, 0.3) is 5.91 Å². The molecule has 3 aromatic carbocycles. The molecule has 3 nitrogen and oxygen atoms in total. The summed E-state index contributed by atoms with van der Waals surface area (Å²) in [4.78, 5) is 15.1. The van der Waals surface area contributed by atoms with Crippen LogP contribution in [-0.4, -0.2) is 15.1 Å². The first-order valence-corrected chi connectivity index (χ1v) is 11.5. The lowest BCUT2D eigenvalue weighted by atomic mass is 10.2. The van der Waals surface area contributed by atoms with Crippen LogP contribution in [0.2, 0.25) is 0 Å². The third-order valence-electron chi connectivity index (χ3n) is 4.62. The summed E-state index contributed by atoms with van der Waals surface area (Å²) in [5, 5.41) is 0. The summed E-state index contributed by atoms with van der Waals surface area (Å²) in [7, 11) is 0. The van der Waals surface area contributed by atoms with Gasteiger partial charge in [-0.1, -0.05) is 72.5 Å². The number of ether oxygens (including phenoxy) is 1. The second-order valence-electron chi connectivity index (χ2n) is 6.86. The zero-order valence-electron chi connectivity index (χ0n) is 16.3. The number of hydrogen-bond donors (Lipinski definition) is 0. The molecule has 0 saturated carbocycles. The highest BCUT2D eigenvalue weighted by Crippen LogP contribution is 2.35. The number of thioether (sulfide) groups is 1. The van der Waals surface area contributed by atoms with Crippen molar-refractivity contribution in [3.05, 3.63) is 105 Å². The second-order valence-corrected chi connectivity index (χ2v) is 9.39. The molecule has 0 radical (unpaired) electrons. The van der Waals surface area contributed by atoms with Crippen LogP contribution in [0.3, 0.4) is 0 Å². The minimum atomic E-state index is -0.275. The number of hydrogen-bond acceptors (Lipinski definition) is 4. The minimum absolute atomic E-state index is 0.0911. The lowest BCUT2D eigenvalue weighted by Gasteiger charge is -2.14. The van der Waals surface area contributed by atoms with E-state index in [0.717, 1.165) is 21.2 Å². The molecular formula is C24H17BrFNO2S2. The fourth-order valence-corrected chi connectivity index (χ4v) is 4.79. The van der Waals surface area contributed by atoms with Crippen molar-refractivity contribution in [2.75, 3.05) is 0 Å². The van der Waals surface area contributed by atoms with Crippen LogP contribution in [0.5, 0.6) is 5.75 Å². The highest BCUT2D eigenvalue weighted by atomic mass is 79.9. The van der Waals surface area contributed by atoms with Crippen molar-refractivity contribution in [2.45, 2.75) is 13.2 Å². The fourth-order valence-electron chi connectivity index (χ4n) is 3.02. The van der Waals surface area contributed by atoms with Gasteiger partial charge in [0, 0.05) is 0 Å². The van der Waals surface area contributed by atoms with E-state index in [2.05, 4.69) is 15.9 Å². The van der Waals surface area contributed by atoms with Crippen LogP contribution < -0.4 is 4.74 Å². The van der Waals surface area contributed by atoms with Gasteiger partial charge in [-0.25, -0.2) is 4.39 Å². The Hall–Kier alpha value is -2.48. The molecule has 0 atom stereocenters. The van der Waals surface area contributed by atoms with E-state index in [1.807, 2.05) is 54.6 Å². The third kappa shape index (κ3) is 5.42. The SMILES string of the molecule is O=C1/C(=C\c2ccc(OCc3ccc(F)cc3)c(Br)c2)SC(=S)N1Cc1ccccc1. The molecule has 1 aliphatic heterocycles. The molecule has 1 heterocycles. The molecule has 1 saturated heterocycles. The van der Waals surface area contributed by atoms with E-state index in [4.69, 9.17) is 17.0 Å². The van der Waals surface area contributed by atoms with Gasteiger partial charge in [-0.2, -0.15) is 0 Å². The molecule has 156 valence electrons. The standard InChI is InChI=1S/C24H17BrFNO2S2/c25-20-12-18(8-11-21(20)29-15-17-6-9-19(26)10-7-17)13-22-23(28)27(24(30)31-22)14-16-4-2-1-3-5-16/h1-13H,14-15H2/b22-13+. The van der Waals surface area contributed by atoms with Crippen molar-refractivity contribution in [1.82, 2.24) is 4.90 Å². The lowest BCUT2D eigenvalue weighted by molar-refractivity contribution is -0.122. The van der Waals surface area contributed by atoms with E-state index < -0.39 is 0 Å². The lowest BCUT2D eigenvalue weighted by Crippen LogP contribution is -2.27. The van der Waals surface area contributed by atoms with Crippen molar-refractivity contribution < 1.29 is 13.9 Å². The molecule has 0 aromatic heterocycles. The Balaban J connectivity index is 1.44. The number of nitrogens with zero attached hydrogens (tertiary/aromatic N) is 1. The molecule has 7 heteroatoms. The number of halogens is 2. The summed E-state index contributed by atoms with van der Waals surface area (Å²) in [5.41, 5.74) is 2.77. The summed E-state index contributed by atoms with van der Waals surface area (Å²) in [6.45, 7) is 0.791. The summed E-state index contributed by atoms with van der Waals surface area (Å²) in [6.07, 6.45) is 1.83. The Morgan fingerprint density at radius 3 is 2.48 bits per heavy atom. The van der Waals surface area contributed by atoms with Gasteiger partial charge in [-0.3, -0.25) is 9.69 Å².